The minimum atomic E-state index is -0.141. The van der Waals surface area contributed by atoms with Gasteiger partial charge in [-0.1, -0.05) is 17.7 Å². The number of aryl methyl sites for hydroxylation is 2. The number of amidine groups is 1. The fraction of sp³-hybridized carbons (Fsp3) is 0.130. The highest BCUT2D eigenvalue weighted by Gasteiger charge is 2.25. The lowest BCUT2D eigenvalue weighted by molar-refractivity contribution is -0.115. The molecule has 0 unspecified atom stereocenters. The maximum absolute atomic E-state index is 12.5. The standard InChI is InChI=1S/C23H19ClIN3OS/c1-13-4-5-17(24)12-20(13)26-23-27-22(29)21(30-23)11-16-10-14(2)28(15(16)3)19-8-6-18(25)7-9-19/h4-12H,1-3H3,(H,26,27,29)/b21-11-. The maximum atomic E-state index is 12.5. The molecular formula is C23H19ClIN3OS. The molecule has 1 aliphatic rings. The van der Waals surface area contributed by atoms with Gasteiger partial charge in [-0.25, -0.2) is 4.99 Å². The van der Waals surface area contributed by atoms with Crippen LogP contribution in [-0.4, -0.2) is 15.6 Å². The molecule has 3 aromatic rings. The molecule has 1 N–H and O–H groups in total. The Morgan fingerprint density at radius 2 is 1.83 bits per heavy atom. The van der Waals surface area contributed by atoms with E-state index < -0.39 is 0 Å². The Morgan fingerprint density at radius 3 is 2.57 bits per heavy atom. The normalized spacial score (nSPS) is 16.5. The van der Waals surface area contributed by atoms with Gasteiger partial charge < -0.3 is 9.88 Å². The predicted molar refractivity (Wildman–Crippen MR) is 135 cm³/mol. The first kappa shape index (κ1) is 21.2. The Bertz CT molecular complexity index is 1210. The van der Waals surface area contributed by atoms with Crippen LogP contribution in [0.1, 0.15) is 22.5 Å². The topological polar surface area (TPSA) is 46.4 Å². The molecule has 4 nitrogen and oxygen atoms in total. The molecule has 1 aromatic heterocycles. The summed E-state index contributed by atoms with van der Waals surface area (Å²) in [7, 11) is 0. The van der Waals surface area contributed by atoms with Crippen LogP contribution in [0.4, 0.5) is 5.69 Å². The quantitative estimate of drug-likeness (QED) is 0.298. The van der Waals surface area contributed by atoms with E-state index >= 15 is 0 Å². The van der Waals surface area contributed by atoms with Crippen molar-refractivity contribution in [3.63, 3.8) is 0 Å². The summed E-state index contributed by atoms with van der Waals surface area (Å²) in [6.07, 6.45) is 1.93. The van der Waals surface area contributed by atoms with Crippen molar-refractivity contribution in [2.24, 2.45) is 4.99 Å². The molecule has 152 valence electrons. The predicted octanol–water partition coefficient (Wildman–Crippen LogP) is 6.55. The van der Waals surface area contributed by atoms with Crippen molar-refractivity contribution in [1.29, 1.82) is 0 Å². The number of halogens is 2. The Balaban J connectivity index is 1.65. The first-order valence-corrected chi connectivity index (χ1v) is 11.6. The lowest BCUT2D eigenvalue weighted by Gasteiger charge is -2.09. The summed E-state index contributed by atoms with van der Waals surface area (Å²) in [5, 5.41) is 4.03. The van der Waals surface area contributed by atoms with E-state index in [0.717, 1.165) is 33.9 Å². The van der Waals surface area contributed by atoms with E-state index in [-0.39, 0.29) is 5.91 Å². The van der Waals surface area contributed by atoms with Crippen molar-refractivity contribution in [1.82, 2.24) is 9.88 Å². The van der Waals surface area contributed by atoms with Gasteiger partial charge in [-0.3, -0.25) is 4.79 Å². The number of benzene rings is 2. The zero-order valence-electron chi connectivity index (χ0n) is 16.7. The third-order valence-electron chi connectivity index (χ3n) is 4.89. The van der Waals surface area contributed by atoms with E-state index in [4.69, 9.17) is 11.6 Å². The van der Waals surface area contributed by atoms with Crippen molar-refractivity contribution >= 4 is 68.8 Å². The molecule has 1 fully saturated rings. The van der Waals surface area contributed by atoms with Crippen molar-refractivity contribution in [2.45, 2.75) is 20.8 Å². The van der Waals surface area contributed by atoms with Crippen LogP contribution in [0.5, 0.6) is 0 Å². The lowest BCUT2D eigenvalue weighted by atomic mass is 10.2. The molecule has 0 radical (unpaired) electrons. The molecule has 0 aliphatic carbocycles. The molecule has 2 aromatic carbocycles. The highest BCUT2D eigenvalue weighted by atomic mass is 127. The summed E-state index contributed by atoms with van der Waals surface area (Å²) in [4.78, 5) is 17.7. The molecule has 1 amide bonds. The molecule has 0 saturated carbocycles. The highest BCUT2D eigenvalue weighted by molar-refractivity contribution is 14.1. The molecule has 30 heavy (non-hydrogen) atoms. The van der Waals surface area contributed by atoms with Gasteiger partial charge in [0.05, 0.1) is 10.6 Å². The maximum Gasteiger partial charge on any atom is 0.264 e. The van der Waals surface area contributed by atoms with Gasteiger partial charge >= 0.3 is 0 Å². The number of amides is 1. The average molecular weight is 548 g/mol. The Kier molecular flexibility index (Phi) is 6.09. The first-order valence-electron chi connectivity index (χ1n) is 9.32. The second kappa shape index (κ2) is 8.61. The van der Waals surface area contributed by atoms with E-state index in [2.05, 4.69) is 81.6 Å². The summed E-state index contributed by atoms with van der Waals surface area (Å²) in [6.45, 7) is 6.11. The lowest BCUT2D eigenvalue weighted by Crippen LogP contribution is -2.19. The van der Waals surface area contributed by atoms with Crippen molar-refractivity contribution in [3.05, 3.63) is 84.5 Å². The van der Waals surface area contributed by atoms with Gasteiger partial charge in [0.25, 0.3) is 5.91 Å². The highest BCUT2D eigenvalue weighted by Crippen LogP contribution is 2.32. The third-order valence-corrected chi connectivity index (χ3v) is 6.75. The fourth-order valence-corrected chi connectivity index (χ4v) is 4.71. The minimum Gasteiger partial charge on any atom is -0.318 e. The van der Waals surface area contributed by atoms with Gasteiger partial charge in [0.2, 0.25) is 0 Å². The zero-order chi connectivity index (χ0) is 21.4. The Labute approximate surface area is 198 Å². The summed E-state index contributed by atoms with van der Waals surface area (Å²) in [5.41, 5.74) is 6.09. The van der Waals surface area contributed by atoms with Crippen LogP contribution in [-0.2, 0) is 4.79 Å². The van der Waals surface area contributed by atoms with Gasteiger partial charge in [0.1, 0.15) is 0 Å². The first-order chi connectivity index (χ1) is 14.3. The van der Waals surface area contributed by atoms with E-state index in [0.29, 0.717) is 15.1 Å². The van der Waals surface area contributed by atoms with Crippen LogP contribution >= 0.6 is 46.0 Å². The fourth-order valence-electron chi connectivity index (χ4n) is 3.36. The zero-order valence-corrected chi connectivity index (χ0v) is 20.4. The van der Waals surface area contributed by atoms with Crippen molar-refractivity contribution < 1.29 is 4.79 Å². The number of aliphatic imine (C=N–C) groups is 1. The van der Waals surface area contributed by atoms with E-state index in [9.17, 15) is 4.79 Å². The third kappa shape index (κ3) is 4.36. The summed E-state index contributed by atoms with van der Waals surface area (Å²) in [5.74, 6) is -0.141. The molecule has 4 rings (SSSR count). The number of hydrogen-bond acceptors (Lipinski definition) is 3. The molecule has 0 atom stereocenters. The minimum absolute atomic E-state index is 0.141. The van der Waals surface area contributed by atoms with Crippen LogP contribution in [0, 0.1) is 24.3 Å². The number of rotatable bonds is 3. The van der Waals surface area contributed by atoms with Crippen molar-refractivity contribution in [3.8, 4) is 5.69 Å². The monoisotopic (exact) mass is 547 g/mol. The Morgan fingerprint density at radius 1 is 1.10 bits per heavy atom. The van der Waals surface area contributed by atoms with Gasteiger partial charge in [-0.05, 0) is 115 Å². The van der Waals surface area contributed by atoms with Gasteiger partial charge in [0.15, 0.2) is 5.17 Å². The number of thioether (sulfide) groups is 1. The smallest absolute Gasteiger partial charge is 0.264 e. The molecule has 1 aliphatic heterocycles. The average Bonchev–Trinajstić information content (AvgIpc) is 3.18. The van der Waals surface area contributed by atoms with Crippen LogP contribution in [0.3, 0.4) is 0 Å². The van der Waals surface area contributed by atoms with Crippen LogP contribution < -0.4 is 5.32 Å². The molecular weight excluding hydrogens is 529 g/mol. The molecule has 0 bridgehead atoms. The van der Waals surface area contributed by atoms with Crippen LogP contribution in [0.15, 0.2) is 58.4 Å². The molecule has 2 heterocycles. The molecule has 1 saturated heterocycles. The van der Waals surface area contributed by atoms with Crippen molar-refractivity contribution in [2.75, 3.05) is 0 Å². The number of aromatic nitrogens is 1. The van der Waals surface area contributed by atoms with E-state index in [1.165, 1.54) is 15.3 Å². The summed E-state index contributed by atoms with van der Waals surface area (Å²) < 4.78 is 3.39. The number of hydrogen-bond donors (Lipinski definition) is 1. The summed E-state index contributed by atoms with van der Waals surface area (Å²) in [6, 6.07) is 16.0. The van der Waals surface area contributed by atoms with Crippen LogP contribution in [0.25, 0.3) is 11.8 Å². The van der Waals surface area contributed by atoms with E-state index in [1.807, 2.05) is 25.1 Å². The largest absolute Gasteiger partial charge is 0.318 e. The van der Waals surface area contributed by atoms with Gasteiger partial charge in [-0.2, -0.15) is 0 Å². The van der Waals surface area contributed by atoms with Gasteiger partial charge in [0, 0.05) is 25.7 Å². The van der Waals surface area contributed by atoms with Crippen LogP contribution in [0.2, 0.25) is 5.02 Å². The summed E-state index contributed by atoms with van der Waals surface area (Å²) >= 11 is 9.73. The second-order valence-electron chi connectivity index (χ2n) is 7.05. The second-order valence-corrected chi connectivity index (χ2v) is 9.76. The number of carbonyl (C=O) groups is 1. The Hall–Kier alpha value is -2.03. The number of nitrogens with zero attached hydrogens (tertiary/aromatic N) is 2. The molecule has 7 heteroatoms. The number of carbonyl (C=O) groups excluding carboxylic acids is 1. The SMILES string of the molecule is Cc1ccc(Cl)cc1N=C1NC(=O)/C(=C/c2cc(C)n(-c3ccc(I)cc3)c2C)S1. The molecule has 0 spiro atoms. The number of nitrogens with one attached hydrogen (secondary N) is 1. The van der Waals surface area contributed by atoms with Gasteiger partial charge in [-0.15, -0.1) is 0 Å². The van der Waals surface area contributed by atoms with E-state index in [1.54, 1.807) is 6.07 Å².